The Bertz CT molecular complexity index is 655. The van der Waals surface area contributed by atoms with Crippen molar-refractivity contribution in [1.29, 1.82) is 0 Å². The number of benzene rings is 1. The van der Waals surface area contributed by atoms with Crippen molar-refractivity contribution in [1.82, 2.24) is 9.71 Å². The Labute approximate surface area is 125 Å². The third kappa shape index (κ3) is 5.26. The summed E-state index contributed by atoms with van der Waals surface area (Å²) in [7, 11) is -3.33. The minimum absolute atomic E-state index is 0.0277. The van der Waals surface area contributed by atoms with Gasteiger partial charge in [0.1, 0.15) is 0 Å². The summed E-state index contributed by atoms with van der Waals surface area (Å²) in [5.74, 6) is -0.0277. The zero-order chi connectivity index (χ0) is 15.1. The second-order valence-corrected chi connectivity index (χ2v) is 6.55. The summed E-state index contributed by atoms with van der Waals surface area (Å²) in [5, 5.41) is 0. The van der Waals surface area contributed by atoms with Gasteiger partial charge in [0.2, 0.25) is 10.0 Å². The summed E-state index contributed by atoms with van der Waals surface area (Å²) in [4.78, 5) is 4.15. The van der Waals surface area contributed by atoms with Gasteiger partial charge < -0.3 is 5.73 Å². The number of nitrogens with zero attached hydrogens (tertiary/aromatic N) is 1. The Hall–Kier alpha value is -1.76. The largest absolute Gasteiger partial charge is 0.326 e. The van der Waals surface area contributed by atoms with Gasteiger partial charge in [-0.25, -0.2) is 13.1 Å². The van der Waals surface area contributed by atoms with Crippen molar-refractivity contribution in [2.24, 2.45) is 5.73 Å². The molecular formula is C15H19N3O2S. The normalized spacial score (nSPS) is 11.5. The molecule has 0 amide bonds. The van der Waals surface area contributed by atoms with Crippen LogP contribution in [-0.2, 0) is 28.7 Å². The molecule has 0 fully saturated rings. The lowest BCUT2D eigenvalue weighted by molar-refractivity contribution is 0.580. The van der Waals surface area contributed by atoms with Crippen LogP contribution >= 0.6 is 0 Å². The highest BCUT2D eigenvalue weighted by Gasteiger charge is 2.11. The lowest BCUT2D eigenvalue weighted by atomic mass is 10.1. The summed E-state index contributed by atoms with van der Waals surface area (Å²) in [6, 6.07) is 12.9. The minimum atomic E-state index is -3.33. The van der Waals surface area contributed by atoms with E-state index in [9.17, 15) is 8.42 Å². The number of nitrogens with one attached hydrogen (secondary N) is 1. The molecular weight excluding hydrogens is 286 g/mol. The first kappa shape index (κ1) is 15.6. The Kier molecular flexibility index (Phi) is 5.44. The third-order valence-corrected chi connectivity index (χ3v) is 4.40. The van der Waals surface area contributed by atoms with E-state index < -0.39 is 10.0 Å². The zero-order valence-corrected chi connectivity index (χ0v) is 12.5. The van der Waals surface area contributed by atoms with Gasteiger partial charge in [-0.2, -0.15) is 0 Å². The van der Waals surface area contributed by atoms with Crippen molar-refractivity contribution in [3.63, 3.8) is 0 Å². The Morgan fingerprint density at radius 2 is 1.76 bits per heavy atom. The van der Waals surface area contributed by atoms with Gasteiger partial charge >= 0.3 is 0 Å². The molecule has 0 saturated heterocycles. The molecule has 0 bridgehead atoms. The molecule has 112 valence electrons. The average Bonchev–Trinajstić information content (AvgIpc) is 2.48. The van der Waals surface area contributed by atoms with Gasteiger partial charge in [-0.15, -0.1) is 0 Å². The molecule has 0 aliphatic heterocycles. The highest BCUT2D eigenvalue weighted by atomic mass is 32.2. The van der Waals surface area contributed by atoms with Crippen molar-refractivity contribution in [2.45, 2.75) is 18.7 Å². The molecule has 1 aromatic heterocycles. The molecule has 0 saturated carbocycles. The van der Waals surface area contributed by atoms with Gasteiger partial charge in [-0.1, -0.05) is 30.3 Å². The van der Waals surface area contributed by atoms with Crippen LogP contribution in [0.25, 0.3) is 0 Å². The van der Waals surface area contributed by atoms with E-state index in [1.807, 2.05) is 30.3 Å². The number of hydrogen-bond donors (Lipinski definition) is 2. The number of rotatable bonds is 7. The predicted molar refractivity (Wildman–Crippen MR) is 82.9 cm³/mol. The van der Waals surface area contributed by atoms with Crippen molar-refractivity contribution in [3.05, 3.63) is 65.5 Å². The molecule has 2 rings (SSSR count). The predicted octanol–water partition coefficient (Wildman–Crippen LogP) is 1.20. The van der Waals surface area contributed by atoms with E-state index in [1.54, 1.807) is 18.3 Å². The Morgan fingerprint density at radius 1 is 1.05 bits per heavy atom. The second kappa shape index (κ2) is 7.31. The molecule has 21 heavy (non-hydrogen) atoms. The van der Waals surface area contributed by atoms with E-state index in [-0.39, 0.29) is 5.75 Å². The van der Waals surface area contributed by atoms with Crippen LogP contribution in [0.2, 0.25) is 0 Å². The quantitative estimate of drug-likeness (QED) is 0.805. The summed E-state index contributed by atoms with van der Waals surface area (Å²) < 4.78 is 26.6. The van der Waals surface area contributed by atoms with Crippen molar-refractivity contribution in [2.75, 3.05) is 6.54 Å². The van der Waals surface area contributed by atoms with Gasteiger partial charge in [-0.3, -0.25) is 4.98 Å². The number of hydrogen-bond acceptors (Lipinski definition) is 4. The smallest absolute Gasteiger partial charge is 0.215 e. The number of sulfonamides is 1. The van der Waals surface area contributed by atoms with E-state index >= 15 is 0 Å². The first-order valence-corrected chi connectivity index (χ1v) is 8.39. The van der Waals surface area contributed by atoms with E-state index in [4.69, 9.17) is 5.73 Å². The van der Waals surface area contributed by atoms with Gasteiger partial charge in [-0.05, 0) is 23.3 Å². The highest BCUT2D eigenvalue weighted by molar-refractivity contribution is 7.88. The maximum atomic E-state index is 12.0. The molecule has 0 radical (unpaired) electrons. The summed E-state index contributed by atoms with van der Waals surface area (Å²) in [6.45, 7) is 0.801. The van der Waals surface area contributed by atoms with E-state index in [0.717, 1.165) is 16.8 Å². The fourth-order valence-electron chi connectivity index (χ4n) is 1.92. The number of aromatic nitrogens is 1. The van der Waals surface area contributed by atoms with Gasteiger partial charge in [0.05, 0.1) is 5.75 Å². The van der Waals surface area contributed by atoms with Crippen molar-refractivity contribution >= 4 is 10.0 Å². The maximum Gasteiger partial charge on any atom is 0.215 e. The summed E-state index contributed by atoms with van der Waals surface area (Å²) in [5.41, 5.74) is 8.11. The molecule has 3 N–H and O–H groups in total. The molecule has 1 heterocycles. The van der Waals surface area contributed by atoms with Crippen molar-refractivity contribution < 1.29 is 8.42 Å². The van der Waals surface area contributed by atoms with E-state index in [1.165, 1.54) is 0 Å². The number of pyridine rings is 1. The molecule has 0 atom stereocenters. The molecule has 2 aromatic rings. The first-order valence-electron chi connectivity index (χ1n) is 6.74. The third-order valence-electron chi connectivity index (χ3n) is 3.04. The molecule has 6 heteroatoms. The maximum absolute atomic E-state index is 12.0. The number of nitrogens with two attached hydrogens (primary N) is 1. The SMILES string of the molecule is NCc1ccc(CS(=O)(=O)NCCc2ccccn2)cc1. The van der Waals surface area contributed by atoms with Crippen LogP contribution in [0, 0.1) is 0 Å². The van der Waals surface area contributed by atoms with Crippen LogP contribution in [0.4, 0.5) is 0 Å². The van der Waals surface area contributed by atoms with Crippen LogP contribution in [0.5, 0.6) is 0 Å². The Morgan fingerprint density at radius 3 is 2.38 bits per heavy atom. The second-order valence-electron chi connectivity index (χ2n) is 4.75. The topological polar surface area (TPSA) is 85.1 Å². The average molecular weight is 305 g/mol. The lowest BCUT2D eigenvalue weighted by Crippen LogP contribution is -2.27. The van der Waals surface area contributed by atoms with Gasteiger partial charge in [0, 0.05) is 31.4 Å². The highest BCUT2D eigenvalue weighted by Crippen LogP contribution is 2.07. The van der Waals surface area contributed by atoms with E-state index in [2.05, 4.69) is 9.71 Å². The fraction of sp³-hybridized carbons (Fsp3) is 0.267. The van der Waals surface area contributed by atoms with Crippen LogP contribution < -0.4 is 10.5 Å². The fourth-order valence-corrected chi connectivity index (χ4v) is 3.07. The minimum Gasteiger partial charge on any atom is -0.326 e. The van der Waals surface area contributed by atoms with E-state index in [0.29, 0.717) is 19.5 Å². The molecule has 0 aliphatic rings. The Balaban J connectivity index is 1.86. The standard InChI is InChI=1S/C15H19N3O2S/c16-11-13-4-6-14(7-5-13)12-21(19,20)18-10-8-15-3-1-2-9-17-15/h1-7,9,18H,8,10-12,16H2. The van der Waals surface area contributed by atoms with Crippen LogP contribution in [-0.4, -0.2) is 19.9 Å². The monoisotopic (exact) mass is 305 g/mol. The molecule has 1 aromatic carbocycles. The summed E-state index contributed by atoms with van der Waals surface area (Å²) in [6.07, 6.45) is 2.27. The summed E-state index contributed by atoms with van der Waals surface area (Å²) >= 11 is 0. The van der Waals surface area contributed by atoms with Crippen LogP contribution in [0.3, 0.4) is 0 Å². The van der Waals surface area contributed by atoms with Gasteiger partial charge in [0.25, 0.3) is 0 Å². The van der Waals surface area contributed by atoms with Crippen LogP contribution in [0.1, 0.15) is 16.8 Å². The molecule has 0 spiro atoms. The molecule has 5 nitrogen and oxygen atoms in total. The zero-order valence-electron chi connectivity index (χ0n) is 11.7. The molecule has 0 unspecified atom stereocenters. The molecule has 0 aliphatic carbocycles. The van der Waals surface area contributed by atoms with Crippen molar-refractivity contribution in [3.8, 4) is 0 Å². The van der Waals surface area contributed by atoms with Gasteiger partial charge in [0.15, 0.2) is 0 Å². The first-order chi connectivity index (χ1) is 10.1. The lowest BCUT2D eigenvalue weighted by Gasteiger charge is -2.07. The van der Waals surface area contributed by atoms with Crippen LogP contribution in [0.15, 0.2) is 48.7 Å².